The molecule has 1 atom stereocenters. The molecule has 0 bridgehead atoms. The Morgan fingerprint density at radius 2 is 1.83 bits per heavy atom. The Labute approximate surface area is 174 Å². The summed E-state index contributed by atoms with van der Waals surface area (Å²) < 4.78 is 11.2. The van der Waals surface area contributed by atoms with Gasteiger partial charge in [-0.25, -0.2) is 4.79 Å². The predicted octanol–water partition coefficient (Wildman–Crippen LogP) is 0.862. The molecule has 0 N–H and O–H groups in total. The van der Waals surface area contributed by atoms with Gasteiger partial charge in [0, 0.05) is 70.7 Å². The van der Waals surface area contributed by atoms with Crippen LogP contribution in [0.2, 0.25) is 0 Å². The Morgan fingerprint density at radius 3 is 2.48 bits per heavy atom. The lowest BCUT2D eigenvalue weighted by Crippen LogP contribution is -2.50. The van der Waals surface area contributed by atoms with Gasteiger partial charge in [0.05, 0.1) is 6.54 Å². The van der Waals surface area contributed by atoms with Crippen LogP contribution in [0.25, 0.3) is 0 Å². The van der Waals surface area contributed by atoms with Crippen molar-refractivity contribution in [2.45, 2.75) is 43.7 Å². The smallest absolute Gasteiger partial charge is 0.410 e. The summed E-state index contributed by atoms with van der Waals surface area (Å²) in [7, 11) is 4.27. The van der Waals surface area contributed by atoms with Crippen molar-refractivity contribution in [3.05, 3.63) is 0 Å². The molecule has 0 aliphatic carbocycles. The van der Waals surface area contributed by atoms with Gasteiger partial charge in [-0.05, 0) is 39.9 Å². The van der Waals surface area contributed by atoms with Crippen molar-refractivity contribution in [1.82, 2.24) is 19.6 Å². The molecular weight excluding hydrogens is 372 g/mol. The molecule has 29 heavy (non-hydrogen) atoms. The maximum absolute atomic E-state index is 12.8. The predicted molar refractivity (Wildman–Crippen MR) is 109 cm³/mol. The molecule has 4 aliphatic rings. The Morgan fingerprint density at radius 1 is 1.10 bits per heavy atom. The Balaban J connectivity index is 1.23. The standard InChI is InChI=1S/C21H36N4O4/c1-22(2)18-3-8-23(15-18)11-12-25-16-21(29-20(25)27)6-9-24(10-7-21)19(26)17-4-13-28-14-5-17/h17-18H,3-16H2,1-2H3/t18-/m0/s1. The maximum Gasteiger partial charge on any atom is 0.410 e. The van der Waals surface area contributed by atoms with Crippen LogP contribution in [0, 0.1) is 5.92 Å². The van der Waals surface area contributed by atoms with Crippen LogP contribution in [0.1, 0.15) is 32.1 Å². The van der Waals surface area contributed by atoms with E-state index in [-0.39, 0.29) is 17.9 Å². The molecule has 0 unspecified atom stereocenters. The fraction of sp³-hybridized carbons (Fsp3) is 0.905. The minimum absolute atomic E-state index is 0.104. The lowest BCUT2D eigenvalue weighted by Gasteiger charge is -2.39. The molecular formula is C21H36N4O4. The molecule has 4 fully saturated rings. The van der Waals surface area contributed by atoms with Crippen molar-refractivity contribution >= 4 is 12.0 Å². The Hall–Kier alpha value is -1.38. The Bertz CT molecular complexity index is 599. The van der Waals surface area contributed by atoms with Gasteiger partial charge in [0.2, 0.25) is 5.91 Å². The first-order valence-corrected chi connectivity index (χ1v) is 11.2. The summed E-state index contributed by atoms with van der Waals surface area (Å²) in [6, 6.07) is 0.615. The van der Waals surface area contributed by atoms with E-state index in [1.807, 2.05) is 9.80 Å². The highest BCUT2D eigenvalue weighted by Crippen LogP contribution is 2.34. The summed E-state index contributed by atoms with van der Waals surface area (Å²) in [6.45, 7) is 7.22. The van der Waals surface area contributed by atoms with Crippen LogP contribution in [0.5, 0.6) is 0 Å². The third kappa shape index (κ3) is 4.70. The van der Waals surface area contributed by atoms with E-state index in [1.54, 1.807) is 0 Å². The van der Waals surface area contributed by atoms with E-state index >= 15 is 0 Å². The van der Waals surface area contributed by atoms with Gasteiger partial charge in [-0.3, -0.25) is 9.69 Å². The third-order valence-electron chi connectivity index (χ3n) is 7.26. The number of carbonyl (C=O) groups excluding carboxylic acids is 2. The molecule has 4 rings (SSSR count). The highest BCUT2D eigenvalue weighted by molar-refractivity contribution is 5.79. The zero-order chi connectivity index (χ0) is 20.4. The molecule has 0 saturated carbocycles. The molecule has 2 amide bonds. The molecule has 0 aromatic carbocycles. The molecule has 4 aliphatic heterocycles. The van der Waals surface area contributed by atoms with Crippen LogP contribution in [0.4, 0.5) is 4.79 Å². The van der Waals surface area contributed by atoms with Crippen molar-refractivity contribution in [2.75, 3.05) is 73.1 Å². The number of amides is 2. The molecule has 0 aromatic rings. The quantitative estimate of drug-likeness (QED) is 0.672. The second-order valence-electron chi connectivity index (χ2n) is 9.39. The third-order valence-corrected chi connectivity index (χ3v) is 7.26. The molecule has 4 heterocycles. The van der Waals surface area contributed by atoms with E-state index in [2.05, 4.69) is 23.9 Å². The van der Waals surface area contributed by atoms with Gasteiger partial charge in [0.15, 0.2) is 0 Å². The molecule has 4 saturated heterocycles. The van der Waals surface area contributed by atoms with Gasteiger partial charge in [-0.15, -0.1) is 0 Å². The lowest BCUT2D eigenvalue weighted by atomic mass is 9.89. The van der Waals surface area contributed by atoms with Gasteiger partial charge < -0.3 is 24.2 Å². The van der Waals surface area contributed by atoms with E-state index in [9.17, 15) is 9.59 Å². The first-order valence-electron chi connectivity index (χ1n) is 11.2. The van der Waals surface area contributed by atoms with Crippen LogP contribution < -0.4 is 0 Å². The normalized spacial score (nSPS) is 28.5. The van der Waals surface area contributed by atoms with Gasteiger partial charge in [-0.2, -0.15) is 0 Å². The van der Waals surface area contributed by atoms with Crippen LogP contribution in [-0.4, -0.2) is 116 Å². The highest BCUT2D eigenvalue weighted by Gasteiger charge is 2.47. The van der Waals surface area contributed by atoms with Crippen LogP contribution in [0.3, 0.4) is 0 Å². The first-order chi connectivity index (χ1) is 14.0. The van der Waals surface area contributed by atoms with Gasteiger partial charge in [0.25, 0.3) is 0 Å². The van der Waals surface area contributed by atoms with E-state index in [4.69, 9.17) is 9.47 Å². The van der Waals surface area contributed by atoms with Crippen LogP contribution in [0.15, 0.2) is 0 Å². The first kappa shape index (κ1) is 20.9. The molecule has 1 spiro atoms. The zero-order valence-electron chi connectivity index (χ0n) is 18.0. The number of piperidine rings is 1. The second-order valence-corrected chi connectivity index (χ2v) is 9.39. The maximum atomic E-state index is 12.8. The van der Waals surface area contributed by atoms with E-state index in [1.165, 1.54) is 6.42 Å². The number of nitrogens with zero attached hydrogens (tertiary/aromatic N) is 4. The minimum atomic E-state index is -0.402. The van der Waals surface area contributed by atoms with Crippen molar-refractivity contribution in [2.24, 2.45) is 5.92 Å². The molecule has 0 radical (unpaired) electrons. The summed E-state index contributed by atoms with van der Waals surface area (Å²) in [5, 5.41) is 0. The van der Waals surface area contributed by atoms with Crippen molar-refractivity contribution in [3.63, 3.8) is 0 Å². The van der Waals surface area contributed by atoms with E-state index in [0.29, 0.717) is 38.9 Å². The van der Waals surface area contributed by atoms with E-state index in [0.717, 1.165) is 51.9 Å². The van der Waals surface area contributed by atoms with Crippen LogP contribution >= 0.6 is 0 Å². The Kier molecular flexibility index (Phi) is 6.32. The summed E-state index contributed by atoms with van der Waals surface area (Å²) in [6.07, 6.45) is 4.16. The van der Waals surface area contributed by atoms with Gasteiger partial charge in [-0.1, -0.05) is 0 Å². The average molecular weight is 409 g/mol. The summed E-state index contributed by atoms with van der Waals surface area (Å²) >= 11 is 0. The minimum Gasteiger partial charge on any atom is -0.441 e. The van der Waals surface area contributed by atoms with Gasteiger partial charge >= 0.3 is 6.09 Å². The fourth-order valence-electron chi connectivity index (χ4n) is 5.16. The molecule has 164 valence electrons. The van der Waals surface area contributed by atoms with Crippen LogP contribution in [-0.2, 0) is 14.3 Å². The summed E-state index contributed by atoms with van der Waals surface area (Å²) in [5.41, 5.74) is -0.402. The van der Waals surface area contributed by atoms with Crippen molar-refractivity contribution in [3.8, 4) is 0 Å². The number of ether oxygens (including phenoxy) is 2. The number of carbonyl (C=O) groups is 2. The number of likely N-dealkylation sites (tertiary alicyclic amines) is 2. The lowest BCUT2D eigenvalue weighted by molar-refractivity contribution is -0.141. The van der Waals surface area contributed by atoms with Gasteiger partial charge in [0.1, 0.15) is 5.60 Å². The summed E-state index contributed by atoms with van der Waals surface area (Å²) in [5.74, 6) is 0.362. The number of hydrogen-bond donors (Lipinski definition) is 0. The molecule has 8 heteroatoms. The molecule has 8 nitrogen and oxygen atoms in total. The monoisotopic (exact) mass is 408 g/mol. The van der Waals surface area contributed by atoms with Crippen molar-refractivity contribution < 1.29 is 19.1 Å². The average Bonchev–Trinajstić information content (AvgIpc) is 3.32. The van der Waals surface area contributed by atoms with Crippen molar-refractivity contribution in [1.29, 1.82) is 0 Å². The zero-order valence-corrected chi connectivity index (χ0v) is 18.0. The fourth-order valence-corrected chi connectivity index (χ4v) is 5.16. The summed E-state index contributed by atoms with van der Waals surface area (Å²) in [4.78, 5) is 33.8. The number of hydrogen-bond acceptors (Lipinski definition) is 6. The SMILES string of the molecule is CN(C)[C@H]1CCN(CCN2CC3(CCN(C(=O)C4CCOCC4)CC3)OC2=O)C1. The highest BCUT2D eigenvalue weighted by atomic mass is 16.6. The topological polar surface area (TPSA) is 65.6 Å². The number of likely N-dealkylation sites (N-methyl/N-ethyl adjacent to an activating group) is 1. The van der Waals surface area contributed by atoms with E-state index < -0.39 is 5.60 Å². The second kappa shape index (κ2) is 8.78. The number of rotatable bonds is 5. The molecule has 0 aromatic heterocycles. The largest absolute Gasteiger partial charge is 0.441 e.